The van der Waals surface area contributed by atoms with E-state index in [0.29, 0.717) is 6.42 Å². The summed E-state index contributed by atoms with van der Waals surface area (Å²) in [6.45, 7) is 2.12. The van der Waals surface area contributed by atoms with Crippen LogP contribution in [0.15, 0.2) is 0 Å². The molecule has 0 saturated carbocycles. The van der Waals surface area contributed by atoms with Crippen molar-refractivity contribution < 1.29 is 33.2 Å². The third-order valence-electron chi connectivity index (χ3n) is 3.53. The van der Waals surface area contributed by atoms with E-state index in [1.165, 1.54) is 14.1 Å². The van der Waals surface area contributed by atoms with Crippen LogP contribution in [0, 0.1) is 0 Å². The molecule has 0 radical (unpaired) electrons. The minimum absolute atomic E-state index is 0.150. The summed E-state index contributed by atoms with van der Waals surface area (Å²) in [5.74, 6) is 0. The van der Waals surface area contributed by atoms with Gasteiger partial charge in [-0.1, -0.05) is 45.4 Å². The van der Waals surface area contributed by atoms with Gasteiger partial charge in [0, 0.05) is 6.42 Å². The molecule has 0 aliphatic heterocycles. The van der Waals surface area contributed by atoms with Gasteiger partial charge in [0.25, 0.3) is 0 Å². The van der Waals surface area contributed by atoms with Crippen molar-refractivity contribution in [3.05, 3.63) is 0 Å². The van der Waals surface area contributed by atoms with Gasteiger partial charge in [0.15, 0.2) is 0 Å². The highest BCUT2D eigenvalue weighted by molar-refractivity contribution is 7.54. The first-order valence-corrected chi connectivity index (χ1v) is 10.6. The van der Waals surface area contributed by atoms with Crippen molar-refractivity contribution >= 4 is 15.4 Å². The molecule has 1 unspecified atom stereocenters. The maximum absolute atomic E-state index is 11.8. The second-order valence-corrected chi connectivity index (χ2v) is 8.59. The molecule has 0 aromatic rings. The predicted octanol–water partition coefficient (Wildman–Crippen LogP) is 2.63. The Morgan fingerprint density at radius 2 is 1.36 bits per heavy atom. The average Bonchev–Trinajstić information content (AvgIpc) is 2.33. The van der Waals surface area contributed by atoms with Crippen LogP contribution in [0.3, 0.4) is 0 Å². The number of hydrogen-bond donors (Lipinski definition) is 4. The van der Waals surface area contributed by atoms with Gasteiger partial charge < -0.3 is 19.6 Å². The first-order valence-electron chi connectivity index (χ1n) is 7.45. The van der Waals surface area contributed by atoms with Gasteiger partial charge in [0.2, 0.25) is 5.47 Å². The van der Waals surface area contributed by atoms with Crippen molar-refractivity contribution in [3.8, 4) is 0 Å². The van der Waals surface area contributed by atoms with Crippen LogP contribution < -0.4 is 0 Å². The zero-order valence-electron chi connectivity index (χ0n) is 13.5. The standard InChI is InChI=1S/C12H29NO7P2/c1-4-5-6-7-8-9-10-11-12(13(2)3,21(14,15)16)20-22(17,18)19/h4-11H2,1-3H3,(H2,14,15,16)(H2,17,18,19). The quantitative estimate of drug-likeness (QED) is 0.237. The summed E-state index contributed by atoms with van der Waals surface area (Å²) in [5.41, 5.74) is -2.30. The van der Waals surface area contributed by atoms with Crippen molar-refractivity contribution in [1.82, 2.24) is 4.90 Å². The van der Waals surface area contributed by atoms with Crippen LogP contribution in [0.4, 0.5) is 0 Å². The molecule has 0 bridgehead atoms. The van der Waals surface area contributed by atoms with Crippen LogP contribution in [0.25, 0.3) is 0 Å². The Kier molecular flexibility index (Phi) is 9.59. The Bertz CT molecular complexity index is 406. The lowest BCUT2D eigenvalue weighted by molar-refractivity contribution is -0.0328. The molecule has 0 fully saturated rings. The summed E-state index contributed by atoms with van der Waals surface area (Å²) in [5, 5.41) is 0. The molecule has 0 aromatic heterocycles. The first-order chi connectivity index (χ1) is 9.96. The van der Waals surface area contributed by atoms with Crippen molar-refractivity contribution in [2.45, 2.75) is 63.8 Å². The van der Waals surface area contributed by atoms with Gasteiger partial charge in [-0.25, -0.2) is 4.57 Å². The van der Waals surface area contributed by atoms with E-state index in [-0.39, 0.29) is 6.42 Å². The van der Waals surface area contributed by atoms with E-state index < -0.39 is 20.9 Å². The lowest BCUT2D eigenvalue weighted by Gasteiger charge is -2.39. The van der Waals surface area contributed by atoms with Gasteiger partial charge in [-0.15, -0.1) is 0 Å². The van der Waals surface area contributed by atoms with Crippen molar-refractivity contribution in [2.75, 3.05) is 14.1 Å². The summed E-state index contributed by atoms with van der Waals surface area (Å²) in [6.07, 6.45) is 6.36. The number of phosphoric acid groups is 1. The molecule has 0 heterocycles. The topological polar surface area (TPSA) is 128 Å². The molecular weight excluding hydrogens is 332 g/mol. The molecule has 0 saturated heterocycles. The van der Waals surface area contributed by atoms with Gasteiger partial charge in [0.05, 0.1) is 0 Å². The second kappa shape index (κ2) is 9.50. The zero-order valence-corrected chi connectivity index (χ0v) is 15.3. The van der Waals surface area contributed by atoms with Crippen LogP contribution >= 0.6 is 15.4 Å². The molecule has 10 heteroatoms. The number of nitrogens with zero attached hydrogens (tertiary/aromatic N) is 1. The Labute approximate surface area is 132 Å². The van der Waals surface area contributed by atoms with E-state index >= 15 is 0 Å². The maximum atomic E-state index is 11.8. The monoisotopic (exact) mass is 361 g/mol. The highest BCUT2D eigenvalue weighted by atomic mass is 31.2. The first kappa shape index (κ1) is 22.2. The minimum Gasteiger partial charge on any atom is -0.321 e. The maximum Gasteiger partial charge on any atom is 0.471 e. The minimum atomic E-state index is -5.04. The molecular formula is C12H29NO7P2. The molecule has 1 atom stereocenters. The fraction of sp³-hybridized carbons (Fsp3) is 1.00. The summed E-state index contributed by atoms with van der Waals surface area (Å²) < 4.78 is 27.4. The molecule has 134 valence electrons. The van der Waals surface area contributed by atoms with Crippen LogP contribution in [0.5, 0.6) is 0 Å². The van der Waals surface area contributed by atoms with Gasteiger partial charge in [-0.05, 0) is 20.5 Å². The molecule has 8 nitrogen and oxygen atoms in total. The summed E-state index contributed by atoms with van der Waals surface area (Å²) in [4.78, 5) is 38.1. The number of unbranched alkanes of at least 4 members (excludes halogenated alkanes) is 6. The highest BCUT2D eigenvalue weighted by Crippen LogP contribution is 2.61. The lowest BCUT2D eigenvalue weighted by Crippen LogP contribution is -2.45. The molecule has 0 spiro atoms. The molecule has 4 N–H and O–H groups in total. The summed E-state index contributed by atoms with van der Waals surface area (Å²) >= 11 is 0. The Morgan fingerprint density at radius 3 is 1.73 bits per heavy atom. The van der Waals surface area contributed by atoms with E-state index in [2.05, 4.69) is 11.4 Å². The van der Waals surface area contributed by atoms with Crippen LogP contribution in [0.2, 0.25) is 0 Å². The van der Waals surface area contributed by atoms with E-state index in [4.69, 9.17) is 9.79 Å². The summed E-state index contributed by atoms with van der Waals surface area (Å²) in [6, 6.07) is 0. The van der Waals surface area contributed by atoms with Gasteiger partial charge in [-0.2, -0.15) is 0 Å². The van der Waals surface area contributed by atoms with Crippen LogP contribution in [0.1, 0.15) is 58.3 Å². The molecule has 22 heavy (non-hydrogen) atoms. The predicted molar refractivity (Wildman–Crippen MR) is 84.2 cm³/mol. The molecule has 0 aliphatic rings. The smallest absolute Gasteiger partial charge is 0.321 e. The second-order valence-electron chi connectivity index (χ2n) is 5.63. The Hall–Kier alpha value is 0.220. The van der Waals surface area contributed by atoms with E-state index in [0.717, 1.165) is 43.4 Å². The molecule has 0 aromatic carbocycles. The average molecular weight is 361 g/mol. The van der Waals surface area contributed by atoms with Gasteiger partial charge in [-0.3, -0.25) is 14.0 Å². The Balaban J connectivity index is 4.74. The van der Waals surface area contributed by atoms with E-state index in [1.54, 1.807) is 0 Å². The van der Waals surface area contributed by atoms with Crippen LogP contribution in [-0.2, 0) is 13.7 Å². The number of phosphoric ester groups is 1. The van der Waals surface area contributed by atoms with E-state index in [9.17, 15) is 18.9 Å². The number of hydrogen-bond acceptors (Lipinski definition) is 4. The summed E-state index contributed by atoms with van der Waals surface area (Å²) in [7, 11) is -7.30. The van der Waals surface area contributed by atoms with Crippen LogP contribution in [-0.4, -0.2) is 44.0 Å². The third kappa shape index (κ3) is 7.66. The zero-order chi connectivity index (χ0) is 17.4. The normalized spacial score (nSPS) is 16.0. The molecule has 0 rings (SSSR count). The lowest BCUT2D eigenvalue weighted by atomic mass is 10.1. The largest absolute Gasteiger partial charge is 0.471 e. The fourth-order valence-electron chi connectivity index (χ4n) is 2.31. The fourth-order valence-corrected chi connectivity index (χ4v) is 4.66. The number of rotatable bonds is 12. The third-order valence-corrected chi connectivity index (χ3v) is 5.83. The van der Waals surface area contributed by atoms with Gasteiger partial charge >= 0.3 is 15.4 Å². The molecule has 0 amide bonds. The van der Waals surface area contributed by atoms with Crippen molar-refractivity contribution in [2.24, 2.45) is 0 Å². The van der Waals surface area contributed by atoms with Gasteiger partial charge in [0.1, 0.15) is 0 Å². The van der Waals surface area contributed by atoms with Crippen molar-refractivity contribution in [1.29, 1.82) is 0 Å². The van der Waals surface area contributed by atoms with Crippen molar-refractivity contribution in [3.63, 3.8) is 0 Å². The molecule has 0 aliphatic carbocycles. The highest BCUT2D eigenvalue weighted by Gasteiger charge is 2.53. The Morgan fingerprint density at radius 1 is 0.909 bits per heavy atom. The SMILES string of the molecule is CCCCCCCCCC(OP(=O)(O)O)(N(C)C)P(=O)(O)O. The van der Waals surface area contributed by atoms with E-state index in [1.807, 2.05) is 0 Å².